The molecule has 0 amide bonds. The summed E-state index contributed by atoms with van der Waals surface area (Å²) >= 11 is 0. The molecule has 0 aliphatic carbocycles. The fourth-order valence-corrected chi connectivity index (χ4v) is 1.29. The topological polar surface area (TPSA) is 96.2 Å². The number of aryl methyl sites for hydroxylation is 2. The van der Waals surface area contributed by atoms with Crippen LogP contribution in [0.4, 0.5) is 5.69 Å². The van der Waals surface area contributed by atoms with Crippen LogP contribution in [0.2, 0.25) is 0 Å². The van der Waals surface area contributed by atoms with E-state index in [2.05, 4.69) is 5.10 Å². The summed E-state index contributed by atoms with van der Waals surface area (Å²) in [6.07, 6.45) is 0.496. The Morgan fingerprint density at radius 1 is 1.67 bits per heavy atom. The fraction of sp³-hybridized carbons (Fsp3) is 0.625. The minimum Gasteiger partial charge on any atom is -0.472 e. The van der Waals surface area contributed by atoms with Crippen molar-refractivity contribution in [1.82, 2.24) is 9.78 Å². The number of nitro groups is 1. The zero-order valence-electron chi connectivity index (χ0n) is 8.77. The number of ether oxygens (including phenoxy) is 1. The van der Waals surface area contributed by atoms with Gasteiger partial charge in [-0.3, -0.25) is 10.1 Å². The standard InChI is InChI=1S/C8H14N4O3/c1-3-6-7(12(13)14)8(11(2)10-6)15-5-4-9/h3-5,9H2,1-2H3. The van der Waals surface area contributed by atoms with Gasteiger partial charge in [0.25, 0.3) is 5.88 Å². The van der Waals surface area contributed by atoms with E-state index in [-0.39, 0.29) is 18.2 Å². The van der Waals surface area contributed by atoms with E-state index < -0.39 is 4.92 Å². The van der Waals surface area contributed by atoms with Gasteiger partial charge in [-0.05, 0) is 6.42 Å². The van der Waals surface area contributed by atoms with Gasteiger partial charge in [0, 0.05) is 13.6 Å². The molecule has 1 aromatic heterocycles. The van der Waals surface area contributed by atoms with Gasteiger partial charge in [0.15, 0.2) is 0 Å². The van der Waals surface area contributed by atoms with Crippen molar-refractivity contribution in [3.8, 4) is 5.88 Å². The second-order valence-electron chi connectivity index (χ2n) is 2.97. The molecule has 2 N–H and O–H groups in total. The van der Waals surface area contributed by atoms with E-state index in [9.17, 15) is 10.1 Å². The zero-order valence-corrected chi connectivity index (χ0v) is 8.77. The number of hydrogen-bond acceptors (Lipinski definition) is 5. The summed E-state index contributed by atoms with van der Waals surface area (Å²) in [6.45, 7) is 2.36. The molecule has 1 heterocycles. The molecule has 0 spiro atoms. The quantitative estimate of drug-likeness (QED) is 0.559. The first-order valence-corrected chi connectivity index (χ1v) is 4.64. The average molecular weight is 214 g/mol. The first-order valence-electron chi connectivity index (χ1n) is 4.64. The van der Waals surface area contributed by atoms with Gasteiger partial charge in [0.05, 0.1) is 4.92 Å². The molecule has 0 aliphatic rings. The second kappa shape index (κ2) is 4.74. The Hall–Kier alpha value is -1.63. The molecule has 0 saturated carbocycles. The van der Waals surface area contributed by atoms with Gasteiger partial charge in [-0.25, -0.2) is 4.68 Å². The number of nitrogens with two attached hydrogens (primary N) is 1. The van der Waals surface area contributed by atoms with Crippen LogP contribution in [0, 0.1) is 10.1 Å². The van der Waals surface area contributed by atoms with Crippen molar-refractivity contribution in [2.24, 2.45) is 12.8 Å². The summed E-state index contributed by atoms with van der Waals surface area (Å²) in [7, 11) is 1.61. The molecule has 0 fully saturated rings. The van der Waals surface area contributed by atoms with E-state index in [1.807, 2.05) is 6.92 Å². The Labute approximate surface area is 87.0 Å². The Kier molecular flexibility index (Phi) is 3.62. The van der Waals surface area contributed by atoms with Crippen LogP contribution in [-0.4, -0.2) is 27.9 Å². The largest absolute Gasteiger partial charge is 0.472 e. The number of rotatable bonds is 5. The van der Waals surface area contributed by atoms with Gasteiger partial charge in [-0.2, -0.15) is 5.10 Å². The Morgan fingerprint density at radius 3 is 2.80 bits per heavy atom. The summed E-state index contributed by atoms with van der Waals surface area (Å²) in [5.41, 5.74) is 5.63. The second-order valence-corrected chi connectivity index (χ2v) is 2.97. The first-order chi connectivity index (χ1) is 7.11. The molecule has 7 heteroatoms. The molecule has 0 atom stereocenters. The van der Waals surface area contributed by atoms with Crippen LogP contribution in [0.15, 0.2) is 0 Å². The monoisotopic (exact) mass is 214 g/mol. The molecule has 0 aliphatic heterocycles. The van der Waals surface area contributed by atoms with Crippen molar-refractivity contribution in [2.45, 2.75) is 13.3 Å². The summed E-state index contributed by atoms with van der Waals surface area (Å²) < 4.78 is 6.56. The highest BCUT2D eigenvalue weighted by atomic mass is 16.6. The van der Waals surface area contributed by atoms with Crippen molar-refractivity contribution in [1.29, 1.82) is 0 Å². The van der Waals surface area contributed by atoms with Crippen molar-refractivity contribution < 1.29 is 9.66 Å². The summed E-state index contributed by atoms with van der Waals surface area (Å²) in [6, 6.07) is 0. The molecule has 84 valence electrons. The van der Waals surface area contributed by atoms with Crippen LogP contribution in [0.3, 0.4) is 0 Å². The Morgan fingerprint density at radius 2 is 2.33 bits per heavy atom. The van der Waals surface area contributed by atoms with Crippen LogP contribution >= 0.6 is 0 Å². The van der Waals surface area contributed by atoms with Gasteiger partial charge >= 0.3 is 5.69 Å². The maximum atomic E-state index is 10.8. The van der Waals surface area contributed by atoms with E-state index >= 15 is 0 Å². The zero-order chi connectivity index (χ0) is 11.4. The Balaban J connectivity index is 3.10. The maximum Gasteiger partial charge on any atom is 0.353 e. The van der Waals surface area contributed by atoms with Crippen LogP contribution in [-0.2, 0) is 13.5 Å². The summed E-state index contributed by atoms with van der Waals surface area (Å²) in [5, 5.41) is 14.8. The third-order valence-corrected chi connectivity index (χ3v) is 1.91. The number of hydrogen-bond donors (Lipinski definition) is 1. The molecule has 0 aromatic carbocycles. The third-order valence-electron chi connectivity index (χ3n) is 1.91. The van der Waals surface area contributed by atoms with Crippen molar-refractivity contribution in [3.05, 3.63) is 15.8 Å². The van der Waals surface area contributed by atoms with Crippen LogP contribution in [0.25, 0.3) is 0 Å². The third kappa shape index (κ3) is 2.24. The van der Waals surface area contributed by atoms with Crippen LogP contribution in [0.5, 0.6) is 5.88 Å². The minimum absolute atomic E-state index is 0.0616. The van der Waals surface area contributed by atoms with Crippen molar-refractivity contribution in [2.75, 3.05) is 13.2 Å². The smallest absolute Gasteiger partial charge is 0.353 e. The van der Waals surface area contributed by atoms with E-state index in [4.69, 9.17) is 10.5 Å². The molecule has 1 rings (SSSR count). The molecule has 0 saturated heterocycles. The predicted molar refractivity (Wildman–Crippen MR) is 53.8 cm³/mol. The normalized spacial score (nSPS) is 10.3. The van der Waals surface area contributed by atoms with E-state index in [0.717, 1.165) is 0 Å². The highest BCUT2D eigenvalue weighted by Gasteiger charge is 2.26. The minimum atomic E-state index is -0.475. The predicted octanol–water partition coefficient (Wildman–Crippen LogP) is 0.228. The molecule has 7 nitrogen and oxygen atoms in total. The number of nitrogens with zero attached hydrogens (tertiary/aromatic N) is 3. The van der Waals surface area contributed by atoms with Gasteiger partial charge in [-0.15, -0.1) is 0 Å². The van der Waals surface area contributed by atoms with Gasteiger partial charge in [0.2, 0.25) is 0 Å². The molecule has 1 aromatic rings. The highest BCUT2D eigenvalue weighted by Crippen LogP contribution is 2.30. The van der Waals surface area contributed by atoms with Crippen LogP contribution in [0.1, 0.15) is 12.6 Å². The molecule has 15 heavy (non-hydrogen) atoms. The van der Waals surface area contributed by atoms with E-state index in [1.54, 1.807) is 7.05 Å². The SMILES string of the molecule is CCc1nn(C)c(OCCN)c1[N+](=O)[O-]. The summed E-state index contributed by atoms with van der Waals surface area (Å²) in [4.78, 5) is 10.3. The van der Waals surface area contributed by atoms with Gasteiger partial charge in [0.1, 0.15) is 12.3 Å². The molecular weight excluding hydrogens is 200 g/mol. The molecule has 0 unspecified atom stereocenters. The lowest BCUT2D eigenvalue weighted by molar-refractivity contribution is -0.386. The molecule has 0 bridgehead atoms. The van der Waals surface area contributed by atoms with Gasteiger partial charge < -0.3 is 10.5 Å². The van der Waals surface area contributed by atoms with Gasteiger partial charge in [-0.1, -0.05) is 6.92 Å². The highest BCUT2D eigenvalue weighted by molar-refractivity contribution is 5.46. The number of aromatic nitrogens is 2. The van der Waals surface area contributed by atoms with E-state index in [0.29, 0.717) is 18.7 Å². The fourth-order valence-electron chi connectivity index (χ4n) is 1.29. The van der Waals surface area contributed by atoms with Crippen molar-refractivity contribution >= 4 is 5.69 Å². The lowest BCUT2D eigenvalue weighted by Gasteiger charge is -2.02. The summed E-state index contributed by atoms with van der Waals surface area (Å²) in [5.74, 6) is 0.169. The molecule has 0 radical (unpaired) electrons. The van der Waals surface area contributed by atoms with Crippen molar-refractivity contribution in [3.63, 3.8) is 0 Å². The maximum absolute atomic E-state index is 10.8. The molecular formula is C8H14N4O3. The lowest BCUT2D eigenvalue weighted by atomic mass is 10.3. The average Bonchev–Trinajstić information content (AvgIpc) is 2.52. The lowest BCUT2D eigenvalue weighted by Crippen LogP contribution is -2.13. The first kappa shape index (κ1) is 11.4. The Bertz CT molecular complexity index is 361. The van der Waals surface area contributed by atoms with Crippen LogP contribution < -0.4 is 10.5 Å². The van der Waals surface area contributed by atoms with E-state index in [1.165, 1.54) is 4.68 Å².